The van der Waals surface area contributed by atoms with Crippen LogP contribution in [0.5, 0.6) is 0 Å². The van der Waals surface area contributed by atoms with Gasteiger partial charge in [-0.05, 0) is 24.4 Å². The molecule has 7 heteroatoms. The highest BCUT2D eigenvalue weighted by molar-refractivity contribution is 7.71. The number of halogens is 1. The van der Waals surface area contributed by atoms with Gasteiger partial charge >= 0.3 is 0 Å². The summed E-state index contributed by atoms with van der Waals surface area (Å²) in [5.41, 5.74) is 1.42. The van der Waals surface area contributed by atoms with Crippen molar-refractivity contribution in [2.24, 2.45) is 0 Å². The Morgan fingerprint density at radius 1 is 1.42 bits per heavy atom. The molecule has 1 unspecified atom stereocenters. The van der Waals surface area contributed by atoms with Crippen LogP contribution >= 0.6 is 23.8 Å². The Bertz CT molecular complexity index is 764. The van der Waals surface area contributed by atoms with E-state index in [0.29, 0.717) is 15.3 Å². The van der Waals surface area contributed by atoms with Gasteiger partial charge in [0.2, 0.25) is 5.91 Å². The minimum absolute atomic E-state index is 0.113. The number of para-hydroxylation sites is 1. The molecular weight excluding hydrogens is 286 g/mol. The van der Waals surface area contributed by atoms with E-state index in [1.807, 2.05) is 6.07 Å². The summed E-state index contributed by atoms with van der Waals surface area (Å²) < 4.78 is 2.03. The van der Waals surface area contributed by atoms with E-state index in [0.717, 1.165) is 10.4 Å². The number of imidazole rings is 1. The second-order valence-electron chi connectivity index (χ2n) is 4.45. The van der Waals surface area contributed by atoms with Crippen molar-refractivity contribution in [3.8, 4) is 0 Å². The van der Waals surface area contributed by atoms with Crippen LogP contribution in [0.2, 0.25) is 5.02 Å². The van der Waals surface area contributed by atoms with Crippen molar-refractivity contribution < 1.29 is 9.59 Å². The van der Waals surface area contributed by atoms with E-state index in [9.17, 15) is 9.59 Å². The van der Waals surface area contributed by atoms with Crippen molar-refractivity contribution in [2.45, 2.75) is 12.5 Å². The summed E-state index contributed by atoms with van der Waals surface area (Å²) in [7, 11) is 1.48. The summed E-state index contributed by atoms with van der Waals surface area (Å²) in [6.45, 7) is 0. The molecule has 1 aromatic carbocycles. The molecule has 3 rings (SSSR count). The molecule has 1 fully saturated rings. The van der Waals surface area contributed by atoms with E-state index in [4.69, 9.17) is 23.8 Å². The fourth-order valence-corrected chi connectivity index (χ4v) is 2.97. The maximum atomic E-state index is 12.1. The van der Waals surface area contributed by atoms with E-state index < -0.39 is 6.04 Å². The van der Waals surface area contributed by atoms with Crippen LogP contribution in [0, 0.1) is 4.77 Å². The second kappa shape index (κ2) is 4.18. The van der Waals surface area contributed by atoms with Gasteiger partial charge in [0.25, 0.3) is 5.91 Å². The SMILES string of the molecule is CN1C(=O)CC(n2c(=S)[nH]c3cccc(Cl)c32)C1=O. The van der Waals surface area contributed by atoms with Crippen molar-refractivity contribution >= 4 is 46.7 Å². The van der Waals surface area contributed by atoms with Crippen LogP contribution < -0.4 is 0 Å². The standard InChI is InChI=1S/C12H10ClN3O2S/c1-15-9(17)5-8(11(15)18)16-10-6(13)3-2-4-7(10)14-12(16)19/h2-4,8H,5H2,1H3,(H,14,19). The Labute approximate surface area is 118 Å². The molecule has 1 aromatic heterocycles. The Kier molecular flexibility index (Phi) is 2.72. The Hall–Kier alpha value is -1.66. The van der Waals surface area contributed by atoms with Crippen LogP contribution in [0.25, 0.3) is 11.0 Å². The number of nitrogens with zero attached hydrogens (tertiary/aromatic N) is 2. The van der Waals surface area contributed by atoms with Crippen LogP contribution in [0.3, 0.4) is 0 Å². The first-order valence-electron chi connectivity index (χ1n) is 5.70. The summed E-state index contributed by atoms with van der Waals surface area (Å²) >= 11 is 11.4. The zero-order chi connectivity index (χ0) is 13.7. The van der Waals surface area contributed by atoms with Gasteiger partial charge in [0.15, 0.2) is 4.77 Å². The highest BCUT2D eigenvalue weighted by Crippen LogP contribution is 2.31. The third-order valence-corrected chi connectivity index (χ3v) is 3.96. The zero-order valence-corrected chi connectivity index (χ0v) is 11.6. The number of carbonyl (C=O) groups excluding carboxylic acids is 2. The Morgan fingerprint density at radius 2 is 2.16 bits per heavy atom. The number of amides is 2. The number of aromatic nitrogens is 2. The molecule has 1 aliphatic rings. The summed E-state index contributed by atoms with van der Waals surface area (Å²) in [4.78, 5) is 27.9. The molecule has 0 spiro atoms. The van der Waals surface area contributed by atoms with Crippen LogP contribution in [0.4, 0.5) is 0 Å². The van der Waals surface area contributed by atoms with Crippen LogP contribution in [0.15, 0.2) is 18.2 Å². The van der Waals surface area contributed by atoms with Gasteiger partial charge in [0.1, 0.15) is 6.04 Å². The maximum absolute atomic E-state index is 12.1. The molecular formula is C12H10ClN3O2S. The van der Waals surface area contributed by atoms with Crippen LogP contribution in [-0.4, -0.2) is 33.3 Å². The molecule has 0 aliphatic carbocycles. The normalized spacial score (nSPS) is 19.7. The number of fused-ring (bicyclic) bond motifs is 1. The largest absolute Gasteiger partial charge is 0.331 e. The summed E-state index contributed by atoms with van der Waals surface area (Å²) in [5.74, 6) is -0.472. The van der Waals surface area contributed by atoms with Gasteiger partial charge in [-0.2, -0.15) is 0 Å². The lowest BCUT2D eigenvalue weighted by Gasteiger charge is -2.12. The average Bonchev–Trinajstić information content (AvgIpc) is 2.82. The molecule has 0 saturated carbocycles. The molecule has 5 nitrogen and oxygen atoms in total. The minimum atomic E-state index is -0.612. The van der Waals surface area contributed by atoms with Gasteiger partial charge in [0.05, 0.1) is 22.5 Å². The average molecular weight is 296 g/mol. The number of H-pyrrole nitrogens is 1. The highest BCUT2D eigenvalue weighted by atomic mass is 35.5. The Balaban J connectivity index is 2.27. The van der Waals surface area contributed by atoms with Gasteiger partial charge in [-0.1, -0.05) is 17.7 Å². The maximum Gasteiger partial charge on any atom is 0.252 e. The molecule has 1 atom stereocenters. The molecule has 1 N–H and O–H groups in total. The minimum Gasteiger partial charge on any atom is -0.331 e. The first kappa shape index (κ1) is 12.4. The van der Waals surface area contributed by atoms with Gasteiger partial charge in [-0.25, -0.2) is 0 Å². The number of rotatable bonds is 1. The zero-order valence-electron chi connectivity index (χ0n) is 10.0. The topological polar surface area (TPSA) is 58.1 Å². The van der Waals surface area contributed by atoms with E-state index >= 15 is 0 Å². The van der Waals surface area contributed by atoms with E-state index in [2.05, 4.69) is 4.98 Å². The number of imide groups is 1. The number of likely N-dealkylation sites (N-methyl/N-ethyl adjacent to an activating group) is 1. The predicted molar refractivity (Wildman–Crippen MR) is 73.6 cm³/mol. The summed E-state index contributed by atoms with van der Waals surface area (Å²) in [5, 5.41) is 0.500. The fourth-order valence-electron chi connectivity index (χ4n) is 2.37. The number of carbonyl (C=O) groups is 2. The monoisotopic (exact) mass is 295 g/mol. The first-order valence-corrected chi connectivity index (χ1v) is 6.48. The smallest absolute Gasteiger partial charge is 0.252 e. The number of hydrogen-bond donors (Lipinski definition) is 1. The number of hydrogen-bond acceptors (Lipinski definition) is 3. The highest BCUT2D eigenvalue weighted by Gasteiger charge is 2.38. The second-order valence-corrected chi connectivity index (χ2v) is 5.24. The third-order valence-electron chi connectivity index (χ3n) is 3.36. The number of nitrogens with one attached hydrogen (secondary N) is 1. The fraction of sp³-hybridized carbons (Fsp3) is 0.250. The molecule has 19 heavy (non-hydrogen) atoms. The molecule has 1 saturated heterocycles. The number of aromatic amines is 1. The Morgan fingerprint density at radius 3 is 2.79 bits per heavy atom. The molecule has 2 aromatic rings. The van der Waals surface area contributed by atoms with Crippen LogP contribution in [0.1, 0.15) is 12.5 Å². The van der Waals surface area contributed by atoms with E-state index in [-0.39, 0.29) is 18.2 Å². The van der Waals surface area contributed by atoms with Crippen molar-refractivity contribution in [3.63, 3.8) is 0 Å². The lowest BCUT2D eigenvalue weighted by atomic mass is 10.2. The summed E-state index contributed by atoms with van der Waals surface area (Å²) in [6.07, 6.45) is 0.113. The lowest BCUT2D eigenvalue weighted by Crippen LogP contribution is -2.26. The molecule has 0 bridgehead atoms. The molecule has 2 heterocycles. The quantitative estimate of drug-likeness (QED) is 0.648. The number of benzene rings is 1. The molecule has 0 radical (unpaired) electrons. The van der Waals surface area contributed by atoms with Crippen molar-refractivity contribution in [1.82, 2.24) is 14.5 Å². The van der Waals surface area contributed by atoms with Gasteiger partial charge in [0, 0.05) is 7.05 Å². The number of likely N-dealkylation sites (tertiary alicyclic amines) is 1. The van der Waals surface area contributed by atoms with Crippen molar-refractivity contribution in [1.29, 1.82) is 0 Å². The van der Waals surface area contributed by atoms with Crippen molar-refractivity contribution in [2.75, 3.05) is 7.05 Å². The van der Waals surface area contributed by atoms with Crippen molar-refractivity contribution in [3.05, 3.63) is 28.0 Å². The molecule has 98 valence electrons. The molecule has 1 aliphatic heterocycles. The van der Waals surface area contributed by atoms with Gasteiger partial charge in [-0.15, -0.1) is 0 Å². The third kappa shape index (κ3) is 1.71. The van der Waals surface area contributed by atoms with Gasteiger partial charge < -0.3 is 9.55 Å². The van der Waals surface area contributed by atoms with Gasteiger partial charge in [-0.3, -0.25) is 14.5 Å². The van der Waals surface area contributed by atoms with Crippen LogP contribution in [-0.2, 0) is 9.59 Å². The van der Waals surface area contributed by atoms with E-state index in [1.165, 1.54) is 7.05 Å². The van der Waals surface area contributed by atoms with E-state index in [1.54, 1.807) is 16.7 Å². The predicted octanol–water partition coefficient (Wildman–Crippen LogP) is 2.28. The lowest BCUT2D eigenvalue weighted by molar-refractivity contribution is -0.137. The summed E-state index contributed by atoms with van der Waals surface area (Å²) in [6, 6.07) is 4.75. The first-order chi connectivity index (χ1) is 9.00. The molecule has 2 amide bonds.